The number of benzene rings is 1. The summed E-state index contributed by atoms with van der Waals surface area (Å²) in [7, 11) is -3.69. The first-order valence-electron chi connectivity index (χ1n) is 7.06. The maximum Gasteiger partial charge on any atom is 0.241 e. The van der Waals surface area contributed by atoms with E-state index in [0.717, 1.165) is 12.8 Å². The number of aliphatic hydroxyl groups excluding tert-OH is 1. The normalized spacial score (nSPS) is 26.2. The number of hydrogen-bond acceptors (Lipinski definition) is 4. The van der Waals surface area contributed by atoms with E-state index < -0.39 is 15.6 Å². The fourth-order valence-electron chi connectivity index (χ4n) is 2.66. The number of sulfonamides is 1. The molecule has 1 aliphatic rings. The van der Waals surface area contributed by atoms with E-state index in [0.29, 0.717) is 24.3 Å². The molecule has 1 fully saturated rings. The molecule has 0 radical (unpaired) electrons. The van der Waals surface area contributed by atoms with Gasteiger partial charge in [-0.25, -0.2) is 13.1 Å². The summed E-state index contributed by atoms with van der Waals surface area (Å²) in [5, 5.41) is 18.4. The first kappa shape index (κ1) is 16.0. The lowest BCUT2D eigenvalue weighted by molar-refractivity contribution is 0.125. The van der Waals surface area contributed by atoms with Crippen molar-refractivity contribution < 1.29 is 13.5 Å². The zero-order valence-electron chi connectivity index (χ0n) is 12.0. The third-order valence-corrected chi connectivity index (χ3v) is 5.77. The third kappa shape index (κ3) is 3.62. The van der Waals surface area contributed by atoms with Crippen LogP contribution in [0.2, 0.25) is 0 Å². The van der Waals surface area contributed by atoms with Gasteiger partial charge in [0.1, 0.15) is 0 Å². The molecular weight excluding hydrogens is 288 g/mol. The Morgan fingerprint density at radius 3 is 2.38 bits per heavy atom. The van der Waals surface area contributed by atoms with E-state index in [4.69, 9.17) is 5.26 Å². The largest absolute Gasteiger partial charge is 0.394 e. The van der Waals surface area contributed by atoms with Crippen molar-refractivity contribution in [3.05, 3.63) is 29.8 Å². The standard InChI is InChI=1S/C15H20N2O3S/c1-12-6-8-15(11-18,9-7-12)17-21(19,20)14-4-2-13(10-16)3-5-14/h2-5,12,17-18H,6-9,11H2,1H3. The summed E-state index contributed by atoms with van der Waals surface area (Å²) < 4.78 is 27.6. The van der Waals surface area contributed by atoms with E-state index in [1.807, 2.05) is 6.07 Å². The van der Waals surface area contributed by atoms with Crippen molar-refractivity contribution in [1.29, 1.82) is 5.26 Å². The maximum atomic E-state index is 12.4. The summed E-state index contributed by atoms with van der Waals surface area (Å²) in [6, 6.07) is 7.73. The number of nitriles is 1. The van der Waals surface area contributed by atoms with Gasteiger partial charge in [-0.2, -0.15) is 5.26 Å². The molecule has 0 aliphatic heterocycles. The second-order valence-corrected chi connectivity index (χ2v) is 7.55. The van der Waals surface area contributed by atoms with Crippen molar-refractivity contribution in [3.63, 3.8) is 0 Å². The number of nitrogens with zero attached hydrogens (tertiary/aromatic N) is 1. The van der Waals surface area contributed by atoms with Crippen LogP contribution in [0.1, 0.15) is 38.2 Å². The molecule has 0 aromatic heterocycles. The van der Waals surface area contributed by atoms with Crippen molar-refractivity contribution in [2.24, 2.45) is 5.92 Å². The minimum absolute atomic E-state index is 0.118. The fourth-order valence-corrected chi connectivity index (χ4v) is 4.11. The average Bonchev–Trinajstić information content (AvgIpc) is 2.50. The van der Waals surface area contributed by atoms with Crippen LogP contribution in [0.4, 0.5) is 0 Å². The van der Waals surface area contributed by atoms with Gasteiger partial charge in [-0.15, -0.1) is 0 Å². The van der Waals surface area contributed by atoms with Crippen LogP contribution in [0, 0.1) is 17.2 Å². The van der Waals surface area contributed by atoms with Gasteiger partial charge in [0.25, 0.3) is 0 Å². The van der Waals surface area contributed by atoms with Gasteiger partial charge >= 0.3 is 0 Å². The Kier molecular flexibility index (Phi) is 4.67. The molecule has 0 unspecified atom stereocenters. The van der Waals surface area contributed by atoms with Crippen molar-refractivity contribution in [1.82, 2.24) is 4.72 Å². The fraction of sp³-hybridized carbons (Fsp3) is 0.533. The van der Waals surface area contributed by atoms with Crippen molar-refractivity contribution in [2.75, 3.05) is 6.61 Å². The van der Waals surface area contributed by atoms with Gasteiger partial charge in [0.05, 0.1) is 28.7 Å². The SMILES string of the molecule is CC1CCC(CO)(NS(=O)(=O)c2ccc(C#N)cc2)CC1. The highest BCUT2D eigenvalue weighted by Crippen LogP contribution is 2.32. The molecule has 1 aromatic rings. The molecule has 0 atom stereocenters. The minimum Gasteiger partial charge on any atom is -0.394 e. The predicted molar refractivity (Wildman–Crippen MR) is 78.9 cm³/mol. The molecule has 2 N–H and O–H groups in total. The Hall–Kier alpha value is -1.42. The molecule has 6 heteroatoms. The lowest BCUT2D eigenvalue weighted by atomic mass is 9.78. The van der Waals surface area contributed by atoms with Gasteiger partial charge in [0.2, 0.25) is 10.0 Å². The second-order valence-electron chi connectivity index (χ2n) is 5.86. The molecule has 0 amide bonds. The van der Waals surface area contributed by atoms with Gasteiger partial charge in [-0.1, -0.05) is 6.92 Å². The third-order valence-electron chi connectivity index (χ3n) is 4.18. The van der Waals surface area contributed by atoms with Gasteiger partial charge in [0.15, 0.2) is 0 Å². The number of nitrogens with one attached hydrogen (secondary N) is 1. The van der Waals surface area contributed by atoms with Crippen LogP contribution in [-0.4, -0.2) is 25.7 Å². The Bertz CT molecular complexity index is 624. The first-order chi connectivity index (χ1) is 9.91. The topological polar surface area (TPSA) is 90.2 Å². The van der Waals surface area contributed by atoms with Crippen LogP contribution in [0.15, 0.2) is 29.2 Å². The van der Waals surface area contributed by atoms with Gasteiger partial charge < -0.3 is 5.11 Å². The molecule has 0 spiro atoms. The summed E-state index contributed by atoms with van der Waals surface area (Å²) >= 11 is 0. The molecule has 21 heavy (non-hydrogen) atoms. The van der Waals surface area contributed by atoms with Crippen LogP contribution in [0.25, 0.3) is 0 Å². The molecule has 1 aliphatic carbocycles. The predicted octanol–water partition coefficient (Wildman–Crippen LogP) is 1.78. The summed E-state index contributed by atoms with van der Waals surface area (Å²) in [5.74, 6) is 0.559. The van der Waals surface area contributed by atoms with Gasteiger partial charge in [-0.05, 0) is 55.9 Å². The highest BCUT2D eigenvalue weighted by atomic mass is 32.2. The second kappa shape index (κ2) is 6.14. The van der Waals surface area contributed by atoms with E-state index in [2.05, 4.69) is 11.6 Å². The highest BCUT2D eigenvalue weighted by molar-refractivity contribution is 7.89. The van der Waals surface area contributed by atoms with Crippen LogP contribution in [0.5, 0.6) is 0 Å². The van der Waals surface area contributed by atoms with Crippen molar-refractivity contribution in [2.45, 2.75) is 43.0 Å². The Labute approximate surface area is 125 Å². The lowest BCUT2D eigenvalue weighted by Gasteiger charge is -2.38. The van der Waals surface area contributed by atoms with E-state index in [1.54, 1.807) is 0 Å². The maximum absolute atomic E-state index is 12.4. The van der Waals surface area contributed by atoms with E-state index >= 15 is 0 Å². The van der Waals surface area contributed by atoms with Gasteiger partial charge in [0, 0.05) is 0 Å². The average molecular weight is 308 g/mol. The Balaban J connectivity index is 2.21. The zero-order valence-corrected chi connectivity index (χ0v) is 12.9. The van der Waals surface area contributed by atoms with E-state index in [1.165, 1.54) is 24.3 Å². The summed E-state index contributed by atoms with van der Waals surface area (Å²) in [5.41, 5.74) is -0.350. The van der Waals surface area contributed by atoms with Crippen LogP contribution in [0.3, 0.4) is 0 Å². The van der Waals surface area contributed by atoms with Crippen LogP contribution < -0.4 is 4.72 Å². The molecule has 2 rings (SSSR count). The Morgan fingerprint density at radius 1 is 1.33 bits per heavy atom. The molecule has 1 aromatic carbocycles. The zero-order chi connectivity index (χ0) is 15.5. The molecule has 0 saturated heterocycles. The molecule has 0 heterocycles. The Morgan fingerprint density at radius 2 is 1.90 bits per heavy atom. The molecule has 114 valence electrons. The summed E-state index contributed by atoms with van der Waals surface area (Å²) in [6.45, 7) is 1.94. The molecular formula is C15H20N2O3S. The molecule has 5 nitrogen and oxygen atoms in total. The number of hydrogen-bond donors (Lipinski definition) is 2. The minimum atomic E-state index is -3.69. The highest BCUT2D eigenvalue weighted by Gasteiger charge is 2.37. The monoisotopic (exact) mass is 308 g/mol. The molecule has 1 saturated carbocycles. The van der Waals surface area contributed by atoms with Gasteiger partial charge in [-0.3, -0.25) is 0 Å². The number of aliphatic hydroxyl groups is 1. The summed E-state index contributed by atoms with van der Waals surface area (Å²) in [6.07, 6.45) is 3.08. The molecule has 0 bridgehead atoms. The van der Waals surface area contributed by atoms with Crippen LogP contribution >= 0.6 is 0 Å². The smallest absolute Gasteiger partial charge is 0.241 e. The van der Waals surface area contributed by atoms with Crippen molar-refractivity contribution in [3.8, 4) is 6.07 Å². The van der Waals surface area contributed by atoms with E-state index in [9.17, 15) is 13.5 Å². The first-order valence-corrected chi connectivity index (χ1v) is 8.54. The van der Waals surface area contributed by atoms with E-state index in [-0.39, 0.29) is 11.5 Å². The summed E-state index contributed by atoms with van der Waals surface area (Å²) in [4.78, 5) is 0.118. The number of rotatable bonds is 4. The van der Waals surface area contributed by atoms with Crippen LogP contribution in [-0.2, 0) is 10.0 Å². The van der Waals surface area contributed by atoms with Crippen molar-refractivity contribution >= 4 is 10.0 Å². The quantitative estimate of drug-likeness (QED) is 0.887. The lowest BCUT2D eigenvalue weighted by Crippen LogP contribution is -2.53.